The molecule has 0 aliphatic rings. The molecule has 5 heteroatoms. The van der Waals surface area contributed by atoms with Crippen LogP contribution in [0.1, 0.15) is 132 Å². The van der Waals surface area contributed by atoms with Crippen molar-refractivity contribution in [1.82, 2.24) is 14.5 Å². The van der Waals surface area contributed by atoms with Gasteiger partial charge in [0.05, 0.1) is 22.3 Å². The summed E-state index contributed by atoms with van der Waals surface area (Å²) in [7, 11) is 0. The summed E-state index contributed by atoms with van der Waals surface area (Å²) in [5.41, 5.74) is 17.9. The molecular weight excluding hydrogens is 1060 g/mol. The van der Waals surface area contributed by atoms with E-state index < -0.39 is 5.89 Å². The van der Waals surface area contributed by atoms with Crippen molar-refractivity contribution in [2.24, 2.45) is 0 Å². The van der Waals surface area contributed by atoms with Crippen LogP contribution in [0.3, 0.4) is 0 Å². The molecular formula is C67H70N3OPt-. The molecule has 0 amide bonds. The van der Waals surface area contributed by atoms with Gasteiger partial charge in [-0.15, -0.1) is 23.8 Å². The number of imidazole rings is 1. The number of para-hydroxylation sites is 1. The molecule has 0 spiro atoms. The van der Waals surface area contributed by atoms with Gasteiger partial charge in [-0.25, -0.2) is 4.98 Å². The molecule has 0 bridgehead atoms. The maximum absolute atomic E-state index is 12.7. The molecule has 7 aromatic carbocycles. The third-order valence-corrected chi connectivity index (χ3v) is 14.0. The van der Waals surface area contributed by atoms with Gasteiger partial charge < -0.3 is 5.11 Å². The zero-order chi connectivity index (χ0) is 51.7. The van der Waals surface area contributed by atoms with Crippen LogP contribution in [0.2, 0.25) is 0 Å². The minimum atomic E-state index is -0.687. The Kier molecular flexibility index (Phi) is 13.8. The molecule has 2 heterocycles. The topological polar surface area (TPSA) is 50.9 Å². The Hall–Kier alpha value is -6.35. The number of nitrogens with zero attached hydrogens (tertiary/aromatic N) is 3. The van der Waals surface area contributed by atoms with Gasteiger partial charge in [0.15, 0.2) is 0 Å². The SMILES string of the molecule is [2H]C(C)(C)c1ccc(-c2ccnc(-c3[c-]c(-c4cccc5c4nc(-c4cc(C(C)(C)C)cc(C(C)(C)C)c4O)n5-c4cc(C(C)(C)C)ccc4-c4ccc(C(C)(C)C)cc4)cc(-c4ccccc4)c3)c2)cc1.[Pt]. The predicted octanol–water partition coefficient (Wildman–Crippen LogP) is 18.2. The summed E-state index contributed by atoms with van der Waals surface area (Å²) < 4.78 is 10.9. The molecule has 0 saturated carbocycles. The Morgan fingerprint density at radius 2 is 1.12 bits per heavy atom. The first kappa shape index (κ1) is 50.6. The summed E-state index contributed by atoms with van der Waals surface area (Å²) in [5.74, 6) is 0.216. The van der Waals surface area contributed by atoms with Crippen LogP contribution < -0.4 is 0 Å². The molecule has 0 aliphatic carbocycles. The molecule has 4 nitrogen and oxygen atoms in total. The Morgan fingerprint density at radius 1 is 0.514 bits per heavy atom. The van der Waals surface area contributed by atoms with Gasteiger partial charge >= 0.3 is 0 Å². The number of benzene rings is 7. The van der Waals surface area contributed by atoms with E-state index in [1.54, 1.807) is 0 Å². The summed E-state index contributed by atoms with van der Waals surface area (Å²) in [6.07, 6.45) is 1.87. The molecule has 0 atom stereocenters. The minimum Gasteiger partial charge on any atom is -0.507 e. The number of pyridine rings is 1. The Labute approximate surface area is 445 Å². The van der Waals surface area contributed by atoms with Crippen molar-refractivity contribution in [3.63, 3.8) is 0 Å². The van der Waals surface area contributed by atoms with Crippen LogP contribution in [-0.4, -0.2) is 19.6 Å². The van der Waals surface area contributed by atoms with E-state index in [1.165, 1.54) is 11.1 Å². The van der Waals surface area contributed by atoms with Crippen LogP contribution in [0.4, 0.5) is 0 Å². The maximum atomic E-state index is 12.7. The van der Waals surface area contributed by atoms with Crippen molar-refractivity contribution in [1.29, 1.82) is 0 Å². The second kappa shape index (κ2) is 19.6. The summed E-state index contributed by atoms with van der Waals surface area (Å²) in [6, 6.07) is 57.8. The standard InChI is InChI=1S/C67H70N3O.Pt/c1-42(2)43-23-25-45(26-24-43)47-33-34-68-58(38-47)50-36-48(44-19-16-15-17-20-44)35-49(37-50)55-21-18-22-59-61(55)69-63(56-39-53(66(9,10)11)40-57(62(56)71)67(12,13)14)70(59)60-41-52(65(6,7)8)31-32-54(60)46-27-29-51(30-28-46)64(3,4)5;/h15-36,38-42,71H,1-14H3;/q-1;/i42D;. The number of aromatic hydroxyl groups is 1. The van der Waals surface area contributed by atoms with Gasteiger partial charge in [-0.1, -0.05) is 229 Å². The molecule has 72 heavy (non-hydrogen) atoms. The van der Waals surface area contributed by atoms with Crippen molar-refractivity contribution in [3.8, 4) is 78.6 Å². The quantitative estimate of drug-likeness (QED) is 0.154. The van der Waals surface area contributed by atoms with Gasteiger partial charge in [-0.05, 0) is 96.3 Å². The largest absolute Gasteiger partial charge is 0.507 e. The number of fused-ring (bicyclic) bond motifs is 1. The van der Waals surface area contributed by atoms with Crippen molar-refractivity contribution < 1.29 is 27.5 Å². The maximum Gasteiger partial charge on any atom is 0.148 e. The second-order valence-electron chi connectivity index (χ2n) is 23.7. The molecule has 0 fully saturated rings. The first-order chi connectivity index (χ1) is 33.8. The zero-order valence-corrected chi connectivity index (χ0v) is 46.9. The van der Waals surface area contributed by atoms with Gasteiger partial charge in [0, 0.05) is 45.5 Å². The fourth-order valence-corrected chi connectivity index (χ4v) is 9.53. The molecule has 0 aliphatic heterocycles. The molecule has 9 aromatic rings. The van der Waals surface area contributed by atoms with E-state index in [-0.39, 0.29) is 48.5 Å². The van der Waals surface area contributed by atoms with Crippen molar-refractivity contribution >= 4 is 11.0 Å². The number of hydrogen-bond donors (Lipinski definition) is 1. The second-order valence-corrected chi connectivity index (χ2v) is 23.7. The van der Waals surface area contributed by atoms with E-state index >= 15 is 0 Å². The molecule has 1 N–H and O–H groups in total. The van der Waals surface area contributed by atoms with Crippen LogP contribution in [0.15, 0.2) is 158 Å². The molecule has 9 rings (SSSR count). The Balaban J connectivity index is 0.00000711. The molecule has 0 saturated heterocycles. The predicted molar refractivity (Wildman–Crippen MR) is 301 cm³/mol. The minimum absolute atomic E-state index is 0. The summed E-state index contributed by atoms with van der Waals surface area (Å²) >= 11 is 0. The number of hydrogen-bond acceptors (Lipinski definition) is 3. The first-order valence-electron chi connectivity index (χ1n) is 25.6. The zero-order valence-electron chi connectivity index (χ0n) is 45.6. The van der Waals surface area contributed by atoms with E-state index in [4.69, 9.17) is 11.3 Å². The number of phenols is 1. The summed E-state index contributed by atoms with van der Waals surface area (Å²) in [5, 5.41) is 12.7. The third-order valence-electron chi connectivity index (χ3n) is 14.0. The van der Waals surface area contributed by atoms with E-state index in [0.29, 0.717) is 11.4 Å². The van der Waals surface area contributed by atoms with E-state index in [9.17, 15) is 5.11 Å². The van der Waals surface area contributed by atoms with E-state index in [2.05, 4.69) is 221 Å². The molecule has 0 unspecified atom stereocenters. The van der Waals surface area contributed by atoms with Gasteiger partial charge in [-0.2, -0.15) is 0 Å². The first-order valence-corrected chi connectivity index (χ1v) is 25.1. The van der Waals surface area contributed by atoms with Crippen LogP contribution in [0.5, 0.6) is 5.75 Å². The Morgan fingerprint density at radius 3 is 1.75 bits per heavy atom. The van der Waals surface area contributed by atoms with Crippen molar-refractivity contribution in [2.75, 3.05) is 0 Å². The van der Waals surface area contributed by atoms with Gasteiger partial charge in [0.1, 0.15) is 11.6 Å². The average molecular weight is 1130 g/mol. The fraction of sp³-hybridized carbons (Fsp3) is 0.284. The third kappa shape index (κ3) is 10.4. The fourth-order valence-electron chi connectivity index (χ4n) is 9.53. The smallest absolute Gasteiger partial charge is 0.148 e. The molecule has 2 aromatic heterocycles. The monoisotopic (exact) mass is 1130 g/mol. The van der Waals surface area contributed by atoms with Crippen molar-refractivity contribution in [2.45, 2.75) is 124 Å². The number of aromatic nitrogens is 3. The van der Waals surface area contributed by atoms with Crippen molar-refractivity contribution in [3.05, 3.63) is 192 Å². The number of phenolic OH excluding ortho intramolecular Hbond substituents is 1. The van der Waals surface area contributed by atoms with Crippen LogP contribution in [0, 0.1) is 6.07 Å². The van der Waals surface area contributed by atoms with Gasteiger partial charge in [0.2, 0.25) is 0 Å². The Bertz CT molecular complexity index is 3460. The average Bonchev–Trinajstić information content (AvgIpc) is 3.72. The normalized spacial score (nSPS) is 12.7. The molecule has 0 radical (unpaired) electrons. The number of rotatable bonds is 8. The van der Waals surface area contributed by atoms with Gasteiger partial charge in [0.25, 0.3) is 0 Å². The van der Waals surface area contributed by atoms with E-state index in [0.717, 1.165) is 89.2 Å². The summed E-state index contributed by atoms with van der Waals surface area (Å²) in [4.78, 5) is 10.7. The van der Waals surface area contributed by atoms with Gasteiger partial charge in [-0.3, -0.25) is 9.55 Å². The summed E-state index contributed by atoms with van der Waals surface area (Å²) in [6.45, 7) is 30.6. The van der Waals surface area contributed by atoms with Crippen LogP contribution in [-0.2, 0) is 42.7 Å². The van der Waals surface area contributed by atoms with Crippen LogP contribution in [0.25, 0.3) is 83.9 Å². The van der Waals surface area contributed by atoms with Crippen LogP contribution >= 0.6 is 0 Å². The molecule has 370 valence electrons. The van der Waals surface area contributed by atoms with E-state index in [1.807, 2.05) is 44.3 Å².